The third-order valence-electron chi connectivity index (χ3n) is 2.86. The molecule has 1 saturated heterocycles. The van der Waals surface area contributed by atoms with Crippen molar-refractivity contribution in [3.63, 3.8) is 0 Å². The normalized spacial score (nSPS) is 23.4. The van der Waals surface area contributed by atoms with Gasteiger partial charge in [-0.2, -0.15) is 0 Å². The van der Waals surface area contributed by atoms with Crippen molar-refractivity contribution < 1.29 is 14.4 Å². The fourth-order valence-electron chi connectivity index (χ4n) is 1.89. The van der Waals surface area contributed by atoms with Crippen LogP contribution in [0.3, 0.4) is 0 Å². The van der Waals surface area contributed by atoms with Crippen LogP contribution in [0, 0.1) is 5.92 Å². The molecule has 0 aromatic rings. The van der Waals surface area contributed by atoms with Crippen molar-refractivity contribution in [2.45, 2.75) is 25.8 Å². The Morgan fingerprint density at radius 2 is 2.25 bits per heavy atom. The largest absolute Gasteiger partial charge is 0.351 e. The van der Waals surface area contributed by atoms with Crippen LogP contribution in [0.25, 0.3) is 0 Å². The molecule has 0 aliphatic carbocycles. The molecule has 1 rings (SSSR count). The van der Waals surface area contributed by atoms with E-state index in [-0.39, 0.29) is 5.92 Å². The van der Waals surface area contributed by atoms with Gasteiger partial charge in [0, 0.05) is 12.5 Å². The minimum Gasteiger partial charge on any atom is -0.351 e. The summed E-state index contributed by atoms with van der Waals surface area (Å²) in [6.07, 6.45) is 2.67. The molecule has 1 heterocycles. The standard InChI is InChI=1S/C10H17N3O3/c1-7(9(15)12-10(11)16)13-4-2-3-8(5-13)6-14/h6-8H,2-5H2,1H3,(H3,11,12,15,16). The zero-order valence-electron chi connectivity index (χ0n) is 9.31. The van der Waals surface area contributed by atoms with Crippen molar-refractivity contribution in [1.29, 1.82) is 0 Å². The highest BCUT2D eigenvalue weighted by atomic mass is 16.2. The summed E-state index contributed by atoms with van der Waals surface area (Å²) in [5, 5.41) is 2.04. The number of hydrogen-bond acceptors (Lipinski definition) is 4. The molecule has 0 saturated carbocycles. The Morgan fingerprint density at radius 3 is 2.81 bits per heavy atom. The van der Waals surface area contributed by atoms with Gasteiger partial charge in [-0.25, -0.2) is 4.79 Å². The SMILES string of the molecule is CC(C(=O)NC(N)=O)N1CCCC(C=O)C1. The first-order valence-electron chi connectivity index (χ1n) is 5.34. The quantitative estimate of drug-likeness (QED) is 0.634. The Balaban J connectivity index is 2.52. The predicted molar refractivity (Wildman–Crippen MR) is 57.5 cm³/mol. The molecule has 2 unspecified atom stereocenters. The highest BCUT2D eigenvalue weighted by molar-refractivity contribution is 5.96. The van der Waals surface area contributed by atoms with Crippen LogP contribution in [-0.2, 0) is 9.59 Å². The summed E-state index contributed by atoms with van der Waals surface area (Å²) in [6.45, 7) is 3.03. The molecule has 3 N–H and O–H groups in total. The van der Waals surface area contributed by atoms with E-state index in [1.807, 2.05) is 10.2 Å². The van der Waals surface area contributed by atoms with E-state index in [1.54, 1.807) is 6.92 Å². The molecule has 0 aromatic carbocycles. The van der Waals surface area contributed by atoms with Crippen LogP contribution in [0.4, 0.5) is 4.79 Å². The maximum Gasteiger partial charge on any atom is 0.318 e. The van der Waals surface area contributed by atoms with E-state index < -0.39 is 18.0 Å². The number of rotatable bonds is 3. The fourth-order valence-corrected chi connectivity index (χ4v) is 1.89. The average molecular weight is 227 g/mol. The zero-order chi connectivity index (χ0) is 12.1. The van der Waals surface area contributed by atoms with Gasteiger partial charge >= 0.3 is 6.03 Å². The fraction of sp³-hybridized carbons (Fsp3) is 0.700. The summed E-state index contributed by atoms with van der Waals surface area (Å²) in [5.41, 5.74) is 4.87. The number of primary amides is 1. The molecule has 1 aliphatic heterocycles. The summed E-state index contributed by atoms with van der Waals surface area (Å²) in [7, 11) is 0. The second kappa shape index (κ2) is 5.60. The van der Waals surface area contributed by atoms with Gasteiger partial charge in [0.15, 0.2) is 0 Å². The number of amides is 3. The van der Waals surface area contributed by atoms with Crippen molar-refractivity contribution in [2.24, 2.45) is 11.7 Å². The van der Waals surface area contributed by atoms with Crippen molar-refractivity contribution in [3.05, 3.63) is 0 Å². The number of carbonyl (C=O) groups is 3. The minimum atomic E-state index is -0.846. The van der Waals surface area contributed by atoms with Gasteiger partial charge in [-0.05, 0) is 26.3 Å². The molecular weight excluding hydrogens is 210 g/mol. The number of hydrogen-bond donors (Lipinski definition) is 2. The van der Waals surface area contributed by atoms with E-state index in [4.69, 9.17) is 5.73 Å². The van der Waals surface area contributed by atoms with E-state index in [0.29, 0.717) is 6.54 Å². The molecular formula is C10H17N3O3. The summed E-state index contributed by atoms with van der Waals surface area (Å²) < 4.78 is 0. The number of urea groups is 1. The topological polar surface area (TPSA) is 92.5 Å². The Kier molecular flexibility index (Phi) is 4.42. The van der Waals surface area contributed by atoms with Crippen LogP contribution in [0.5, 0.6) is 0 Å². The summed E-state index contributed by atoms with van der Waals surface area (Å²) in [6, 6.07) is -1.28. The first-order valence-corrected chi connectivity index (χ1v) is 5.34. The Morgan fingerprint density at radius 1 is 1.56 bits per heavy atom. The van der Waals surface area contributed by atoms with Crippen molar-refractivity contribution in [3.8, 4) is 0 Å². The van der Waals surface area contributed by atoms with Gasteiger partial charge in [0.2, 0.25) is 5.91 Å². The third-order valence-corrected chi connectivity index (χ3v) is 2.86. The van der Waals surface area contributed by atoms with Crippen LogP contribution < -0.4 is 11.1 Å². The van der Waals surface area contributed by atoms with Crippen molar-refractivity contribution >= 4 is 18.2 Å². The molecule has 3 amide bonds. The summed E-state index contributed by atoms with van der Waals surface area (Å²) in [5.74, 6) is -0.434. The molecule has 16 heavy (non-hydrogen) atoms. The second-order valence-corrected chi connectivity index (χ2v) is 4.06. The van der Waals surface area contributed by atoms with Gasteiger partial charge in [0.25, 0.3) is 0 Å². The molecule has 0 aromatic heterocycles. The maximum absolute atomic E-state index is 11.5. The lowest BCUT2D eigenvalue weighted by Gasteiger charge is -2.33. The lowest BCUT2D eigenvalue weighted by Crippen LogP contribution is -2.51. The van der Waals surface area contributed by atoms with Gasteiger partial charge in [0.1, 0.15) is 6.29 Å². The van der Waals surface area contributed by atoms with Crippen molar-refractivity contribution in [2.75, 3.05) is 13.1 Å². The monoisotopic (exact) mass is 227 g/mol. The lowest BCUT2D eigenvalue weighted by atomic mass is 9.98. The van der Waals surface area contributed by atoms with E-state index in [0.717, 1.165) is 25.7 Å². The molecule has 0 spiro atoms. The number of piperidine rings is 1. The summed E-state index contributed by atoms with van der Waals surface area (Å²) in [4.78, 5) is 34.6. The molecule has 6 nitrogen and oxygen atoms in total. The number of carbonyl (C=O) groups excluding carboxylic acids is 3. The molecule has 90 valence electrons. The third kappa shape index (κ3) is 3.30. The van der Waals surface area contributed by atoms with E-state index in [2.05, 4.69) is 0 Å². The Hall–Kier alpha value is -1.43. The Labute approximate surface area is 94.2 Å². The smallest absolute Gasteiger partial charge is 0.318 e. The molecule has 1 aliphatic rings. The van der Waals surface area contributed by atoms with Crippen LogP contribution in [0.1, 0.15) is 19.8 Å². The minimum absolute atomic E-state index is 0.0161. The second-order valence-electron chi connectivity index (χ2n) is 4.06. The number of nitrogens with zero attached hydrogens (tertiary/aromatic N) is 1. The number of likely N-dealkylation sites (tertiary alicyclic amines) is 1. The number of nitrogens with one attached hydrogen (secondary N) is 1. The van der Waals surface area contributed by atoms with E-state index in [9.17, 15) is 14.4 Å². The molecule has 1 fully saturated rings. The van der Waals surface area contributed by atoms with Gasteiger partial charge < -0.3 is 10.5 Å². The molecule has 6 heteroatoms. The van der Waals surface area contributed by atoms with Gasteiger partial charge in [-0.15, -0.1) is 0 Å². The van der Waals surface area contributed by atoms with Gasteiger partial charge in [-0.1, -0.05) is 0 Å². The van der Waals surface area contributed by atoms with E-state index in [1.165, 1.54) is 0 Å². The molecule has 0 bridgehead atoms. The van der Waals surface area contributed by atoms with Crippen LogP contribution in [-0.4, -0.2) is 42.3 Å². The Bertz CT molecular complexity index is 293. The van der Waals surface area contributed by atoms with Crippen molar-refractivity contribution in [1.82, 2.24) is 10.2 Å². The molecule has 2 atom stereocenters. The molecule has 0 radical (unpaired) electrons. The first-order chi connectivity index (χ1) is 7.54. The lowest BCUT2D eigenvalue weighted by molar-refractivity contribution is -0.126. The number of nitrogens with two attached hydrogens (primary N) is 1. The number of imide groups is 1. The summed E-state index contributed by atoms with van der Waals surface area (Å²) >= 11 is 0. The van der Waals surface area contributed by atoms with Crippen LogP contribution >= 0.6 is 0 Å². The van der Waals surface area contributed by atoms with Crippen LogP contribution in [0.2, 0.25) is 0 Å². The highest BCUT2D eigenvalue weighted by Gasteiger charge is 2.27. The zero-order valence-corrected chi connectivity index (χ0v) is 9.31. The predicted octanol–water partition coefficient (Wildman–Crippen LogP) is -0.519. The maximum atomic E-state index is 11.5. The van der Waals surface area contributed by atoms with E-state index >= 15 is 0 Å². The first kappa shape index (κ1) is 12.6. The number of aldehydes is 1. The van der Waals surface area contributed by atoms with Gasteiger partial charge in [-0.3, -0.25) is 15.0 Å². The van der Waals surface area contributed by atoms with Gasteiger partial charge in [0.05, 0.1) is 6.04 Å². The average Bonchev–Trinajstić information content (AvgIpc) is 2.27. The highest BCUT2D eigenvalue weighted by Crippen LogP contribution is 2.16. The van der Waals surface area contributed by atoms with Crippen LogP contribution in [0.15, 0.2) is 0 Å².